The summed E-state index contributed by atoms with van der Waals surface area (Å²) in [6, 6.07) is 0. The van der Waals surface area contributed by atoms with Crippen LogP contribution in [0.2, 0.25) is 5.15 Å². The third kappa shape index (κ3) is 2.21. The number of carboxylic acid groups (broad SMARTS) is 1. The molecule has 1 heterocycles. The summed E-state index contributed by atoms with van der Waals surface area (Å²) in [5.74, 6) is -0.432. The van der Waals surface area contributed by atoms with Gasteiger partial charge in [-0.05, 0) is 12.8 Å². The Morgan fingerprint density at radius 2 is 1.94 bits per heavy atom. The number of hydrogen-bond donors (Lipinski definition) is 1. The van der Waals surface area contributed by atoms with Crippen molar-refractivity contribution in [2.45, 2.75) is 44.4 Å². The van der Waals surface area contributed by atoms with Crippen molar-refractivity contribution in [2.75, 3.05) is 0 Å². The van der Waals surface area contributed by atoms with E-state index in [4.69, 9.17) is 21.2 Å². The van der Waals surface area contributed by atoms with Crippen molar-refractivity contribution in [2.24, 2.45) is 0 Å². The van der Waals surface area contributed by atoms with E-state index in [1.807, 2.05) is 0 Å². The molecule has 0 unspecified atom stereocenters. The van der Waals surface area contributed by atoms with E-state index in [0.29, 0.717) is 5.76 Å². The zero-order chi connectivity index (χ0) is 11.5. The van der Waals surface area contributed by atoms with Crippen molar-refractivity contribution in [3.63, 3.8) is 0 Å². The quantitative estimate of drug-likeness (QED) is 0.808. The van der Waals surface area contributed by atoms with E-state index in [1.165, 1.54) is 12.8 Å². The molecule has 1 aliphatic rings. The van der Waals surface area contributed by atoms with Gasteiger partial charge in [-0.1, -0.05) is 42.4 Å². The molecule has 0 aliphatic heterocycles. The Kier molecular flexibility index (Phi) is 3.49. The van der Waals surface area contributed by atoms with Gasteiger partial charge in [-0.3, -0.25) is 0 Å². The van der Waals surface area contributed by atoms with Gasteiger partial charge in [0, 0.05) is 5.92 Å². The SMILES string of the molecule is O=C(O)c1c(Cl)noc1C1CCCCCC1. The summed E-state index contributed by atoms with van der Waals surface area (Å²) >= 11 is 5.71. The lowest BCUT2D eigenvalue weighted by molar-refractivity contribution is 0.0693. The minimum atomic E-state index is -1.05. The van der Waals surface area contributed by atoms with Gasteiger partial charge >= 0.3 is 5.97 Å². The predicted molar refractivity (Wildman–Crippen MR) is 58.9 cm³/mol. The molecule has 0 saturated heterocycles. The van der Waals surface area contributed by atoms with Crippen LogP contribution in [0.1, 0.15) is 60.6 Å². The van der Waals surface area contributed by atoms with Crippen LogP contribution in [-0.2, 0) is 0 Å². The zero-order valence-electron chi connectivity index (χ0n) is 8.91. The summed E-state index contributed by atoms with van der Waals surface area (Å²) in [4.78, 5) is 11.0. The Labute approximate surface area is 98.6 Å². The predicted octanol–water partition coefficient (Wildman–Crippen LogP) is 3.46. The molecule has 88 valence electrons. The van der Waals surface area contributed by atoms with Crippen LogP contribution in [-0.4, -0.2) is 16.2 Å². The van der Waals surface area contributed by atoms with Crippen molar-refractivity contribution in [1.29, 1.82) is 0 Å². The number of hydrogen-bond acceptors (Lipinski definition) is 3. The van der Waals surface area contributed by atoms with Gasteiger partial charge in [0.1, 0.15) is 5.56 Å². The van der Waals surface area contributed by atoms with Crippen LogP contribution in [0, 0.1) is 0 Å². The van der Waals surface area contributed by atoms with Crippen molar-refractivity contribution in [3.8, 4) is 0 Å². The van der Waals surface area contributed by atoms with Crippen LogP contribution >= 0.6 is 11.6 Å². The summed E-state index contributed by atoms with van der Waals surface area (Å²) < 4.78 is 5.09. The maximum Gasteiger partial charge on any atom is 0.342 e. The highest BCUT2D eigenvalue weighted by molar-refractivity contribution is 6.32. The number of aromatic nitrogens is 1. The first-order chi connectivity index (χ1) is 7.70. The smallest absolute Gasteiger partial charge is 0.342 e. The summed E-state index contributed by atoms with van der Waals surface area (Å²) in [6.45, 7) is 0. The van der Waals surface area contributed by atoms with Crippen LogP contribution in [0.4, 0.5) is 0 Å². The fraction of sp³-hybridized carbons (Fsp3) is 0.636. The number of halogens is 1. The third-order valence-corrected chi connectivity index (χ3v) is 3.37. The molecular weight excluding hydrogens is 230 g/mol. The number of aromatic carboxylic acids is 1. The Bertz CT molecular complexity index is 381. The largest absolute Gasteiger partial charge is 0.477 e. The van der Waals surface area contributed by atoms with Gasteiger partial charge in [0.2, 0.25) is 0 Å². The fourth-order valence-electron chi connectivity index (χ4n) is 2.30. The van der Waals surface area contributed by atoms with E-state index in [2.05, 4.69) is 5.16 Å². The lowest BCUT2D eigenvalue weighted by atomic mass is 9.95. The lowest BCUT2D eigenvalue weighted by Gasteiger charge is -2.10. The third-order valence-electron chi connectivity index (χ3n) is 3.12. The van der Waals surface area contributed by atoms with Crippen molar-refractivity contribution >= 4 is 17.6 Å². The van der Waals surface area contributed by atoms with Crippen LogP contribution in [0.25, 0.3) is 0 Å². The van der Waals surface area contributed by atoms with Gasteiger partial charge in [-0.15, -0.1) is 0 Å². The molecule has 0 spiro atoms. The van der Waals surface area contributed by atoms with Crippen molar-refractivity contribution in [1.82, 2.24) is 5.16 Å². The molecule has 1 N–H and O–H groups in total. The van der Waals surface area contributed by atoms with Gasteiger partial charge in [0.05, 0.1) is 0 Å². The number of carbonyl (C=O) groups is 1. The second kappa shape index (κ2) is 4.87. The molecule has 0 atom stereocenters. The molecule has 0 bridgehead atoms. The number of rotatable bonds is 2. The highest BCUT2D eigenvalue weighted by Gasteiger charge is 2.28. The van der Waals surface area contributed by atoms with Crippen LogP contribution in [0.5, 0.6) is 0 Å². The topological polar surface area (TPSA) is 63.3 Å². The molecule has 1 fully saturated rings. The summed E-state index contributed by atoms with van der Waals surface area (Å²) in [5.41, 5.74) is 0.0496. The first-order valence-electron chi connectivity index (χ1n) is 5.58. The standard InChI is InChI=1S/C11H14ClNO3/c12-10-8(11(14)15)9(16-13-10)7-5-3-1-2-4-6-7/h7H,1-6H2,(H,14,15). The monoisotopic (exact) mass is 243 g/mol. The Hall–Kier alpha value is -1.03. The van der Waals surface area contributed by atoms with Crippen molar-refractivity contribution in [3.05, 3.63) is 16.5 Å². The van der Waals surface area contributed by atoms with E-state index in [1.54, 1.807) is 0 Å². The average molecular weight is 244 g/mol. The molecule has 1 aromatic heterocycles. The first kappa shape index (κ1) is 11.5. The maximum absolute atomic E-state index is 11.0. The normalized spacial score (nSPS) is 18.3. The first-order valence-corrected chi connectivity index (χ1v) is 5.96. The second-order valence-corrected chi connectivity index (χ2v) is 4.56. The minimum absolute atomic E-state index is 0.0354. The molecule has 0 amide bonds. The van der Waals surface area contributed by atoms with Gasteiger partial charge < -0.3 is 9.63 Å². The zero-order valence-corrected chi connectivity index (χ0v) is 9.66. The highest BCUT2D eigenvalue weighted by Crippen LogP contribution is 2.35. The van der Waals surface area contributed by atoms with Gasteiger partial charge in [-0.2, -0.15) is 0 Å². The summed E-state index contributed by atoms with van der Waals surface area (Å²) in [7, 11) is 0. The van der Waals surface area contributed by atoms with Crippen LogP contribution in [0.15, 0.2) is 4.52 Å². The Morgan fingerprint density at radius 3 is 2.50 bits per heavy atom. The van der Waals surface area contributed by atoms with E-state index in [9.17, 15) is 4.79 Å². The van der Waals surface area contributed by atoms with Crippen molar-refractivity contribution < 1.29 is 14.4 Å². The molecule has 1 saturated carbocycles. The van der Waals surface area contributed by atoms with Gasteiger partial charge in [0.15, 0.2) is 10.9 Å². The summed E-state index contributed by atoms with van der Waals surface area (Å²) in [5, 5.41) is 12.6. The van der Waals surface area contributed by atoms with E-state index in [-0.39, 0.29) is 16.6 Å². The van der Waals surface area contributed by atoms with E-state index < -0.39 is 5.97 Å². The van der Waals surface area contributed by atoms with Crippen LogP contribution < -0.4 is 0 Å². The molecule has 5 heteroatoms. The molecule has 1 aliphatic carbocycles. The van der Waals surface area contributed by atoms with E-state index >= 15 is 0 Å². The second-order valence-electron chi connectivity index (χ2n) is 4.21. The molecule has 4 nitrogen and oxygen atoms in total. The Balaban J connectivity index is 2.27. The minimum Gasteiger partial charge on any atom is -0.477 e. The molecule has 0 aromatic carbocycles. The number of carboxylic acids is 1. The lowest BCUT2D eigenvalue weighted by Crippen LogP contribution is -2.04. The van der Waals surface area contributed by atoms with E-state index in [0.717, 1.165) is 25.7 Å². The van der Waals surface area contributed by atoms with Gasteiger partial charge in [-0.25, -0.2) is 4.79 Å². The molecule has 0 radical (unpaired) electrons. The molecule has 2 rings (SSSR count). The highest BCUT2D eigenvalue weighted by atomic mass is 35.5. The fourth-order valence-corrected chi connectivity index (χ4v) is 2.50. The maximum atomic E-state index is 11.0. The molecule has 1 aromatic rings. The molecule has 16 heavy (non-hydrogen) atoms. The number of nitrogens with zero attached hydrogens (tertiary/aromatic N) is 1. The molecular formula is C11H14ClNO3. The average Bonchev–Trinajstić information content (AvgIpc) is 2.50. The summed E-state index contributed by atoms with van der Waals surface area (Å²) in [6.07, 6.45) is 6.57. The van der Waals surface area contributed by atoms with Crippen LogP contribution in [0.3, 0.4) is 0 Å². The Morgan fingerprint density at radius 1 is 1.31 bits per heavy atom. The van der Waals surface area contributed by atoms with Gasteiger partial charge in [0.25, 0.3) is 0 Å².